The van der Waals surface area contributed by atoms with E-state index in [-0.39, 0.29) is 18.3 Å². The summed E-state index contributed by atoms with van der Waals surface area (Å²) in [7, 11) is 0. The summed E-state index contributed by atoms with van der Waals surface area (Å²) in [5.41, 5.74) is 4.68. The van der Waals surface area contributed by atoms with Gasteiger partial charge in [-0.3, -0.25) is 14.5 Å². The number of Topliss-reactive ketones (excluding diaryl/α,β-unsaturated/α-hetero) is 1. The summed E-state index contributed by atoms with van der Waals surface area (Å²) >= 11 is 14.5. The zero-order valence-corrected chi connectivity index (χ0v) is 24.8. The third-order valence-corrected chi connectivity index (χ3v) is 10.0. The quantitative estimate of drug-likeness (QED) is 0.170. The second-order valence-electron chi connectivity index (χ2n) is 11.2. The van der Waals surface area contributed by atoms with E-state index < -0.39 is 5.41 Å². The summed E-state index contributed by atoms with van der Waals surface area (Å²) in [5.74, 6) is 1.81. The monoisotopic (exact) mass is 615 g/mol. The van der Waals surface area contributed by atoms with Crippen LogP contribution in [-0.4, -0.2) is 21.8 Å². The SMILES string of the molecule is CC(=O)c1ccc2nc(N3C(=O)C4(CC4)c4cc(OCc5c(-c6c(Cl)cccc6Cl)noc5C5CC5)ccc43)sc2c1. The van der Waals surface area contributed by atoms with Crippen molar-refractivity contribution >= 4 is 67.3 Å². The number of rotatable bonds is 7. The first kappa shape index (κ1) is 25.9. The van der Waals surface area contributed by atoms with Crippen molar-refractivity contribution in [1.29, 1.82) is 0 Å². The average molecular weight is 617 g/mol. The van der Waals surface area contributed by atoms with Crippen molar-refractivity contribution in [2.75, 3.05) is 4.90 Å². The highest BCUT2D eigenvalue weighted by Gasteiger charge is 2.60. The van der Waals surface area contributed by atoms with E-state index in [4.69, 9.17) is 37.4 Å². The first-order chi connectivity index (χ1) is 20.3. The van der Waals surface area contributed by atoms with Crippen molar-refractivity contribution in [1.82, 2.24) is 10.1 Å². The van der Waals surface area contributed by atoms with E-state index in [0.29, 0.717) is 43.7 Å². The standard InChI is InChI=1S/C32H23Cl2N3O4S/c1-16(38)18-7-9-24-26(13-18)42-31(35-24)37-25-10-8-19(14-21(25)32(11-12-32)30(37)39)40-15-20-28(36-41-29(20)17-5-6-17)27-22(33)3-2-4-23(27)34/h2-4,7-10,13-14,17H,5-6,11-12,15H2,1H3. The minimum absolute atomic E-state index is 0.00329. The van der Waals surface area contributed by atoms with Crippen LogP contribution in [0.3, 0.4) is 0 Å². The number of benzene rings is 3. The molecule has 5 aromatic rings. The molecule has 8 rings (SSSR count). The predicted octanol–water partition coefficient (Wildman–Crippen LogP) is 8.63. The topological polar surface area (TPSA) is 85.5 Å². The second kappa shape index (κ2) is 9.39. The van der Waals surface area contributed by atoms with Crippen LogP contribution in [0.15, 0.2) is 59.1 Å². The number of ether oxygens (including phenoxy) is 1. The number of halogens is 2. The number of carbonyl (C=O) groups is 2. The summed E-state index contributed by atoms with van der Waals surface area (Å²) in [6, 6.07) is 16.6. The Hall–Kier alpha value is -3.72. The predicted molar refractivity (Wildman–Crippen MR) is 162 cm³/mol. The molecule has 0 bridgehead atoms. The Labute approximate surface area is 255 Å². The lowest BCUT2D eigenvalue weighted by atomic mass is 9.98. The third kappa shape index (κ3) is 4.00. The van der Waals surface area contributed by atoms with Crippen LogP contribution in [-0.2, 0) is 16.8 Å². The van der Waals surface area contributed by atoms with E-state index in [9.17, 15) is 9.59 Å². The lowest BCUT2D eigenvalue weighted by molar-refractivity contribution is -0.119. The summed E-state index contributed by atoms with van der Waals surface area (Å²) in [5, 5.41) is 5.96. The molecular formula is C32H23Cl2N3O4S. The van der Waals surface area contributed by atoms with E-state index in [2.05, 4.69) is 5.16 Å². The molecule has 3 heterocycles. The number of amides is 1. The average Bonchev–Trinajstić information content (AvgIpc) is 3.88. The lowest BCUT2D eigenvalue weighted by Crippen LogP contribution is -2.27. The largest absolute Gasteiger partial charge is 0.489 e. The van der Waals surface area contributed by atoms with Gasteiger partial charge in [0.25, 0.3) is 0 Å². The van der Waals surface area contributed by atoms with E-state index >= 15 is 0 Å². The molecule has 42 heavy (non-hydrogen) atoms. The molecule has 10 heteroatoms. The molecule has 2 fully saturated rings. The van der Waals surface area contributed by atoms with Crippen LogP contribution < -0.4 is 9.64 Å². The highest BCUT2D eigenvalue weighted by molar-refractivity contribution is 7.22. The molecule has 1 aliphatic heterocycles. The van der Waals surface area contributed by atoms with Gasteiger partial charge in [-0.2, -0.15) is 0 Å². The van der Waals surface area contributed by atoms with Gasteiger partial charge in [-0.25, -0.2) is 4.98 Å². The maximum absolute atomic E-state index is 13.8. The molecule has 0 unspecified atom stereocenters. The number of ketones is 1. The smallest absolute Gasteiger partial charge is 0.244 e. The highest BCUT2D eigenvalue weighted by Crippen LogP contribution is 2.60. The molecule has 3 aliphatic rings. The van der Waals surface area contributed by atoms with Crippen molar-refractivity contribution in [3.05, 3.63) is 87.1 Å². The van der Waals surface area contributed by atoms with E-state index in [1.54, 1.807) is 36.1 Å². The normalized spacial score (nSPS) is 16.8. The molecule has 1 amide bonds. The highest BCUT2D eigenvalue weighted by atomic mass is 35.5. The third-order valence-electron chi connectivity index (χ3n) is 8.41. The first-order valence-corrected chi connectivity index (χ1v) is 15.4. The summed E-state index contributed by atoms with van der Waals surface area (Å²) in [6.45, 7) is 1.77. The zero-order valence-electron chi connectivity index (χ0n) is 22.4. The number of anilines is 2. The van der Waals surface area contributed by atoms with E-state index in [1.165, 1.54) is 11.3 Å². The van der Waals surface area contributed by atoms with Crippen molar-refractivity contribution in [2.24, 2.45) is 0 Å². The number of hydrogen-bond donors (Lipinski definition) is 0. The van der Waals surface area contributed by atoms with Crippen LogP contribution in [0.4, 0.5) is 10.8 Å². The van der Waals surface area contributed by atoms with Crippen molar-refractivity contribution in [2.45, 2.75) is 50.5 Å². The molecule has 2 aliphatic carbocycles. The summed E-state index contributed by atoms with van der Waals surface area (Å²) in [6.07, 6.45) is 3.65. The number of hydrogen-bond acceptors (Lipinski definition) is 7. The number of aromatic nitrogens is 2. The molecule has 1 spiro atoms. The Morgan fingerprint density at radius 1 is 1.12 bits per heavy atom. The maximum atomic E-state index is 13.8. The van der Waals surface area contributed by atoms with Crippen LogP contribution in [0.5, 0.6) is 5.75 Å². The molecule has 0 N–H and O–H groups in total. The minimum atomic E-state index is -0.552. The Balaban J connectivity index is 1.13. The minimum Gasteiger partial charge on any atom is -0.489 e. The van der Waals surface area contributed by atoms with Crippen LogP contribution in [0.2, 0.25) is 10.0 Å². The fourth-order valence-corrected chi connectivity index (χ4v) is 7.44. The molecule has 0 radical (unpaired) electrons. The van der Waals surface area contributed by atoms with Gasteiger partial charge in [-0.05, 0) is 86.7 Å². The fourth-order valence-electron chi connectivity index (χ4n) is 5.85. The van der Waals surface area contributed by atoms with Crippen LogP contribution in [0, 0.1) is 0 Å². The van der Waals surface area contributed by atoms with Crippen LogP contribution in [0.1, 0.15) is 65.8 Å². The molecule has 210 valence electrons. The Bertz CT molecular complexity index is 1940. The van der Waals surface area contributed by atoms with Gasteiger partial charge in [0, 0.05) is 17.0 Å². The fraction of sp³-hybridized carbons (Fsp3) is 0.250. The molecule has 7 nitrogen and oxygen atoms in total. The van der Waals surface area contributed by atoms with Gasteiger partial charge >= 0.3 is 0 Å². The Morgan fingerprint density at radius 2 is 1.90 bits per heavy atom. The van der Waals surface area contributed by atoms with Gasteiger partial charge in [0.15, 0.2) is 10.9 Å². The summed E-state index contributed by atoms with van der Waals surface area (Å²) < 4.78 is 13.0. The molecular weight excluding hydrogens is 593 g/mol. The molecule has 2 aromatic heterocycles. The summed E-state index contributed by atoms with van der Waals surface area (Å²) in [4.78, 5) is 32.2. The van der Waals surface area contributed by atoms with E-state index in [0.717, 1.165) is 58.5 Å². The number of nitrogens with zero attached hydrogens (tertiary/aromatic N) is 3. The molecule has 3 aromatic carbocycles. The van der Waals surface area contributed by atoms with Crippen molar-refractivity contribution < 1.29 is 18.8 Å². The zero-order chi connectivity index (χ0) is 28.7. The van der Waals surface area contributed by atoms with Crippen LogP contribution in [0.25, 0.3) is 21.5 Å². The van der Waals surface area contributed by atoms with Gasteiger partial charge in [0.05, 0.1) is 36.9 Å². The van der Waals surface area contributed by atoms with Crippen LogP contribution >= 0.6 is 34.5 Å². The first-order valence-electron chi connectivity index (χ1n) is 13.8. The number of fused-ring (bicyclic) bond motifs is 3. The van der Waals surface area contributed by atoms with Gasteiger partial charge in [-0.15, -0.1) is 0 Å². The lowest BCUT2D eigenvalue weighted by Gasteiger charge is -2.14. The maximum Gasteiger partial charge on any atom is 0.244 e. The van der Waals surface area contributed by atoms with Gasteiger partial charge < -0.3 is 9.26 Å². The van der Waals surface area contributed by atoms with E-state index in [1.807, 2.05) is 30.3 Å². The number of carbonyl (C=O) groups excluding carboxylic acids is 2. The van der Waals surface area contributed by atoms with Crippen molar-refractivity contribution in [3.8, 4) is 17.0 Å². The number of thiazole rings is 1. The second-order valence-corrected chi connectivity index (χ2v) is 13.0. The van der Waals surface area contributed by atoms with Gasteiger partial charge in [-0.1, -0.05) is 45.8 Å². The van der Waals surface area contributed by atoms with Gasteiger partial charge in [0.1, 0.15) is 23.8 Å². The molecule has 0 saturated heterocycles. The Kier molecular flexibility index (Phi) is 5.80. The molecule has 0 atom stereocenters. The Morgan fingerprint density at radius 3 is 2.62 bits per heavy atom. The van der Waals surface area contributed by atoms with Crippen molar-refractivity contribution in [3.63, 3.8) is 0 Å². The van der Waals surface area contributed by atoms with Gasteiger partial charge in [0.2, 0.25) is 5.91 Å². The molecule has 2 saturated carbocycles.